The molecule has 7 heteroatoms. The van der Waals surface area contributed by atoms with Crippen molar-refractivity contribution >= 4 is 21.4 Å². The van der Waals surface area contributed by atoms with Gasteiger partial charge < -0.3 is 5.32 Å². The number of benzene rings is 1. The van der Waals surface area contributed by atoms with Crippen LogP contribution >= 0.6 is 11.3 Å². The summed E-state index contributed by atoms with van der Waals surface area (Å²) in [5.74, 6) is 0. The molecule has 0 saturated heterocycles. The Hall–Kier alpha value is -1.28. The summed E-state index contributed by atoms with van der Waals surface area (Å²) in [5.41, 5.74) is 3.52. The van der Waals surface area contributed by atoms with Gasteiger partial charge in [-0.1, -0.05) is 12.1 Å². The van der Waals surface area contributed by atoms with Crippen molar-refractivity contribution < 1.29 is 8.42 Å². The van der Waals surface area contributed by atoms with Crippen molar-refractivity contribution in [3.63, 3.8) is 0 Å². The first kappa shape index (κ1) is 15.1. The summed E-state index contributed by atoms with van der Waals surface area (Å²) in [6.45, 7) is 1.08. The summed E-state index contributed by atoms with van der Waals surface area (Å²) < 4.78 is 26.8. The molecule has 0 aliphatic heterocycles. The summed E-state index contributed by atoms with van der Waals surface area (Å²) in [6, 6.07) is 6.95. The van der Waals surface area contributed by atoms with Gasteiger partial charge in [0, 0.05) is 5.38 Å². The largest absolute Gasteiger partial charge is 0.319 e. The number of sulfonamides is 1. The fraction of sp³-hybridized carbons (Fsp3) is 0.308. The maximum absolute atomic E-state index is 12.1. The van der Waals surface area contributed by atoms with Crippen molar-refractivity contribution in [2.24, 2.45) is 0 Å². The van der Waals surface area contributed by atoms with Crippen LogP contribution in [0.4, 0.5) is 0 Å². The number of nitrogens with zero attached hydrogens (tertiary/aromatic N) is 1. The zero-order valence-corrected chi connectivity index (χ0v) is 12.8. The molecule has 2 aromatic rings. The topological polar surface area (TPSA) is 71.1 Å². The average molecular weight is 311 g/mol. The lowest BCUT2D eigenvalue weighted by atomic mass is 10.1. The van der Waals surface area contributed by atoms with Gasteiger partial charge >= 0.3 is 0 Å². The summed E-state index contributed by atoms with van der Waals surface area (Å²) in [7, 11) is -1.58. The van der Waals surface area contributed by atoms with E-state index in [2.05, 4.69) is 15.0 Å². The minimum absolute atomic E-state index is 0.216. The van der Waals surface area contributed by atoms with Crippen molar-refractivity contribution in [1.29, 1.82) is 0 Å². The molecule has 0 saturated carbocycles. The quantitative estimate of drug-likeness (QED) is 0.810. The third-order valence-electron chi connectivity index (χ3n) is 2.82. The Labute approximate surface area is 123 Å². The van der Waals surface area contributed by atoms with E-state index in [9.17, 15) is 8.42 Å². The molecule has 0 aliphatic carbocycles. The molecule has 1 aromatic carbocycles. The molecule has 0 unspecified atom stereocenters. The average Bonchev–Trinajstić information content (AvgIpc) is 2.97. The van der Waals surface area contributed by atoms with Gasteiger partial charge in [-0.3, -0.25) is 0 Å². The molecule has 108 valence electrons. The Balaban J connectivity index is 2.01. The molecule has 0 spiro atoms. The van der Waals surface area contributed by atoms with Crippen LogP contribution in [0.25, 0.3) is 0 Å². The van der Waals surface area contributed by atoms with Gasteiger partial charge in [0.15, 0.2) is 0 Å². The van der Waals surface area contributed by atoms with E-state index in [1.165, 1.54) is 11.3 Å². The number of rotatable bonds is 7. The number of aromatic nitrogens is 1. The number of thiazole rings is 1. The number of hydrogen-bond donors (Lipinski definition) is 2. The van der Waals surface area contributed by atoms with Crippen LogP contribution in [0.5, 0.6) is 0 Å². The summed E-state index contributed by atoms with van der Waals surface area (Å²) in [5, 5.41) is 4.88. The van der Waals surface area contributed by atoms with Crippen LogP contribution < -0.4 is 10.0 Å². The molecule has 0 fully saturated rings. The van der Waals surface area contributed by atoms with Gasteiger partial charge in [-0.15, -0.1) is 11.3 Å². The van der Waals surface area contributed by atoms with E-state index in [-0.39, 0.29) is 11.4 Å². The van der Waals surface area contributed by atoms with Crippen molar-refractivity contribution in [1.82, 2.24) is 15.0 Å². The second kappa shape index (κ2) is 6.94. The van der Waals surface area contributed by atoms with Crippen molar-refractivity contribution in [3.8, 4) is 0 Å². The Bertz CT molecular complexity index is 622. The molecular formula is C13H17N3O2S2. The minimum Gasteiger partial charge on any atom is -0.319 e. The van der Waals surface area contributed by atoms with E-state index in [1.54, 1.807) is 17.6 Å². The third kappa shape index (κ3) is 4.11. The lowest BCUT2D eigenvalue weighted by molar-refractivity contribution is 0.580. The summed E-state index contributed by atoms with van der Waals surface area (Å²) in [4.78, 5) is 4.32. The molecule has 2 rings (SSSR count). The Kier molecular flexibility index (Phi) is 5.24. The van der Waals surface area contributed by atoms with Crippen LogP contribution in [0, 0.1) is 0 Å². The maximum atomic E-state index is 12.1. The van der Waals surface area contributed by atoms with Gasteiger partial charge in [0.2, 0.25) is 10.0 Å². The van der Waals surface area contributed by atoms with Crippen LogP contribution in [0.15, 0.2) is 40.1 Å². The highest BCUT2D eigenvalue weighted by atomic mass is 32.2. The van der Waals surface area contributed by atoms with Gasteiger partial charge in [-0.2, -0.15) is 0 Å². The van der Waals surface area contributed by atoms with Crippen LogP contribution in [-0.4, -0.2) is 27.0 Å². The SMILES string of the molecule is CNCCc1ccc(S(=O)(=O)NCc2cscn2)cc1. The summed E-state index contributed by atoms with van der Waals surface area (Å²) in [6.07, 6.45) is 0.878. The molecule has 2 N–H and O–H groups in total. The van der Waals surface area contributed by atoms with Crippen LogP contribution in [0.2, 0.25) is 0 Å². The van der Waals surface area contributed by atoms with Crippen LogP contribution in [-0.2, 0) is 23.0 Å². The first-order chi connectivity index (χ1) is 9.62. The lowest BCUT2D eigenvalue weighted by Crippen LogP contribution is -2.23. The zero-order valence-electron chi connectivity index (χ0n) is 11.2. The fourth-order valence-electron chi connectivity index (χ4n) is 1.68. The zero-order chi connectivity index (χ0) is 14.4. The van der Waals surface area contributed by atoms with Crippen molar-refractivity contribution in [2.75, 3.05) is 13.6 Å². The molecule has 0 atom stereocenters. The highest BCUT2D eigenvalue weighted by Crippen LogP contribution is 2.11. The first-order valence-corrected chi connectivity index (χ1v) is 8.65. The third-order valence-corrected chi connectivity index (χ3v) is 4.88. The molecule has 1 heterocycles. The highest BCUT2D eigenvalue weighted by Gasteiger charge is 2.13. The van der Waals surface area contributed by atoms with Gasteiger partial charge in [0.05, 0.1) is 22.6 Å². The second-order valence-electron chi connectivity index (χ2n) is 4.30. The van der Waals surface area contributed by atoms with E-state index in [1.807, 2.05) is 24.6 Å². The molecular weight excluding hydrogens is 294 g/mol. The summed E-state index contributed by atoms with van der Waals surface area (Å²) >= 11 is 1.44. The van der Waals surface area contributed by atoms with E-state index >= 15 is 0 Å². The van der Waals surface area contributed by atoms with E-state index in [4.69, 9.17) is 0 Å². The molecule has 0 radical (unpaired) electrons. The van der Waals surface area contributed by atoms with Crippen LogP contribution in [0.1, 0.15) is 11.3 Å². The molecule has 0 aliphatic rings. The Morgan fingerprint density at radius 3 is 2.60 bits per heavy atom. The molecule has 0 bridgehead atoms. The van der Waals surface area contributed by atoms with Crippen LogP contribution in [0.3, 0.4) is 0 Å². The smallest absolute Gasteiger partial charge is 0.240 e. The van der Waals surface area contributed by atoms with Gasteiger partial charge in [-0.25, -0.2) is 18.1 Å². The van der Waals surface area contributed by atoms with E-state index < -0.39 is 10.0 Å². The molecule has 20 heavy (non-hydrogen) atoms. The first-order valence-electron chi connectivity index (χ1n) is 6.22. The predicted octanol–water partition coefficient (Wildman–Crippen LogP) is 1.38. The second-order valence-corrected chi connectivity index (χ2v) is 6.79. The predicted molar refractivity (Wildman–Crippen MR) is 80.2 cm³/mol. The fourth-order valence-corrected chi connectivity index (χ4v) is 3.24. The number of nitrogens with one attached hydrogen (secondary N) is 2. The Morgan fingerprint density at radius 1 is 1.25 bits per heavy atom. The van der Waals surface area contributed by atoms with Crippen molar-refractivity contribution in [3.05, 3.63) is 46.4 Å². The molecule has 1 aromatic heterocycles. The maximum Gasteiger partial charge on any atom is 0.240 e. The number of likely N-dealkylation sites (N-methyl/N-ethyl adjacent to an activating group) is 1. The van der Waals surface area contributed by atoms with Gasteiger partial charge in [-0.05, 0) is 37.7 Å². The molecule has 0 amide bonds. The Morgan fingerprint density at radius 2 is 2.00 bits per heavy atom. The number of hydrogen-bond acceptors (Lipinski definition) is 5. The standard InChI is InChI=1S/C13H17N3O2S2/c1-14-7-6-11-2-4-13(5-3-11)20(17,18)16-8-12-9-19-10-15-12/h2-5,9-10,14,16H,6-8H2,1H3. The van der Waals surface area contributed by atoms with E-state index in [0.717, 1.165) is 24.2 Å². The normalized spacial score (nSPS) is 11.7. The minimum atomic E-state index is -3.47. The highest BCUT2D eigenvalue weighted by molar-refractivity contribution is 7.89. The van der Waals surface area contributed by atoms with Gasteiger partial charge in [0.1, 0.15) is 0 Å². The lowest BCUT2D eigenvalue weighted by Gasteiger charge is -2.06. The molecule has 5 nitrogen and oxygen atoms in total. The van der Waals surface area contributed by atoms with Crippen molar-refractivity contribution in [2.45, 2.75) is 17.9 Å². The van der Waals surface area contributed by atoms with Gasteiger partial charge in [0.25, 0.3) is 0 Å². The monoisotopic (exact) mass is 311 g/mol. The van der Waals surface area contributed by atoms with E-state index in [0.29, 0.717) is 0 Å².